The summed E-state index contributed by atoms with van der Waals surface area (Å²) in [5.41, 5.74) is 2.87. The number of phenols is 1. The fourth-order valence-electron chi connectivity index (χ4n) is 2.41. The second kappa shape index (κ2) is 6.87. The third kappa shape index (κ3) is 3.22. The average molecular weight is 323 g/mol. The minimum absolute atomic E-state index is 0.158. The summed E-state index contributed by atoms with van der Waals surface area (Å²) in [4.78, 5) is 12.3. The molecule has 0 atom stereocenters. The summed E-state index contributed by atoms with van der Waals surface area (Å²) in [6, 6.07) is 12.1. The Labute approximate surface area is 139 Å². The molecule has 0 fully saturated rings. The molecule has 122 valence electrons. The molecule has 1 amide bonds. The van der Waals surface area contributed by atoms with Crippen molar-refractivity contribution in [1.29, 1.82) is 0 Å². The Hall–Kier alpha value is -3.28. The van der Waals surface area contributed by atoms with Gasteiger partial charge < -0.3 is 15.2 Å². The largest absolute Gasteiger partial charge is 0.508 e. The lowest BCUT2D eigenvalue weighted by atomic mass is 10.0. The lowest BCUT2D eigenvalue weighted by Gasteiger charge is -2.10. The molecule has 1 aromatic heterocycles. The van der Waals surface area contributed by atoms with Gasteiger partial charge in [0.05, 0.1) is 13.3 Å². The SMILES string of the molecule is COc1cc(C(=O)NCc2ccccc2O)ccc1-c1cn[nH]c1. The Morgan fingerprint density at radius 3 is 2.83 bits per heavy atom. The molecule has 3 N–H and O–H groups in total. The summed E-state index contributed by atoms with van der Waals surface area (Å²) in [5, 5.41) is 19.2. The molecule has 2 aromatic carbocycles. The highest BCUT2D eigenvalue weighted by atomic mass is 16.5. The molecule has 0 bridgehead atoms. The van der Waals surface area contributed by atoms with Gasteiger partial charge in [0, 0.05) is 35.0 Å². The van der Waals surface area contributed by atoms with E-state index in [-0.39, 0.29) is 18.2 Å². The number of ether oxygens (including phenoxy) is 1. The summed E-state index contributed by atoms with van der Waals surface area (Å²) in [5.74, 6) is 0.507. The number of amides is 1. The van der Waals surface area contributed by atoms with Crippen LogP contribution in [0, 0.1) is 0 Å². The van der Waals surface area contributed by atoms with Gasteiger partial charge >= 0.3 is 0 Å². The average Bonchev–Trinajstić information content (AvgIpc) is 3.14. The molecule has 0 radical (unpaired) electrons. The Bertz CT molecular complexity index is 844. The standard InChI is InChI=1S/C18H17N3O3/c1-24-17-8-12(6-7-15(17)14-10-20-21-11-14)18(23)19-9-13-4-2-3-5-16(13)22/h2-8,10-11,22H,9H2,1H3,(H,19,23)(H,20,21). The molecule has 6 nitrogen and oxygen atoms in total. The predicted molar refractivity (Wildman–Crippen MR) is 89.9 cm³/mol. The van der Waals surface area contributed by atoms with E-state index in [2.05, 4.69) is 15.5 Å². The zero-order valence-corrected chi connectivity index (χ0v) is 13.1. The van der Waals surface area contributed by atoms with Crippen LogP contribution in [0.4, 0.5) is 0 Å². The molecule has 3 aromatic rings. The number of benzene rings is 2. The molecule has 0 unspecified atom stereocenters. The second-order valence-electron chi connectivity index (χ2n) is 5.21. The van der Waals surface area contributed by atoms with Crippen LogP contribution in [0.1, 0.15) is 15.9 Å². The number of aromatic hydroxyl groups is 1. The maximum Gasteiger partial charge on any atom is 0.251 e. The molecule has 3 rings (SSSR count). The van der Waals surface area contributed by atoms with Crippen molar-refractivity contribution >= 4 is 5.91 Å². The zero-order chi connectivity index (χ0) is 16.9. The highest BCUT2D eigenvalue weighted by Crippen LogP contribution is 2.30. The molecule has 1 heterocycles. The first-order valence-electron chi connectivity index (χ1n) is 7.41. The predicted octanol–water partition coefficient (Wildman–Crippen LogP) is 2.72. The van der Waals surface area contributed by atoms with E-state index in [0.29, 0.717) is 16.9 Å². The molecular weight excluding hydrogens is 306 g/mol. The number of methoxy groups -OCH3 is 1. The lowest BCUT2D eigenvalue weighted by molar-refractivity contribution is 0.0950. The van der Waals surface area contributed by atoms with Gasteiger partial charge in [-0.1, -0.05) is 18.2 Å². The quantitative estimate of drug-likeness (QED) is 0.674. The van der Waals surface area contributed by atoms with Crippen LogP contribution in [-0.2, 0) is 6.54 Å². The van der Waals surface area contributed by atoms with Crippen LogP contribution in [0.3, 0.4) is 0 Å². The Balaban J connectivity index is 1.77. The number of carbonyl (C=O) groups excluding carboxylic acids is 1. The molecule has 0 saturated heterocycles. The fourth-order valence-corrected chi connectivity index (χ4v) is 2.41. The van der Waals surface area contributed by atoms with Gasteiger partial charge in [0.15, 0.2) is 0 Å². The van der Waals surface area contributed by atoms with Gasteiger partial charge in [-0.25, -0.2) is 0 Å². The maximum atomic E-state index is 12.3. The maximum absolute atomic E-state index is 12.3. The van der Waals surface area contributed by atoms with Crippen LogP contribution >= 0.6 is 0 Å². The van der Waals surface area contributed by atoms with Crippen molar-refractivity contribution in [3.8, 4) is 22.6 Å². The van der Waals surface area contributed by atoms with Crippen LogP contribution in [0.15, 0.2) is 54.9 Å². The molecule has 6 heteroatoms. The lowest BCUT2D eigenvalue weighted by Crippen LogP contribution is -2.22. The van der Waals surface area contributed by atoms with Crippen molar-refractivity contribution in [2.45, 2.75) is 6.54 Å². The van der Waals surface area contributed by atoms with E-state index >= 15 is 0 Å². The van der Waals surface area contributed by atoms with E-state index in [1.807, 2.05) is 12.1 Å². The summed E-state index contributed by atoms with van der Waals surface area (Å²) < 4.78 is 5.38. The zero-order valence-electron chi connectivity index (χ0n) is 13.1. The number of aromatic nitrogens is 2. The van der Waals surface area contributed by atoms with E-state index in [1.165, 1.54) is 0 Å². The third-order valence-corrected chi connectivity index (χ3v) is 3.70. The third-order valence-electron chi connectivity index (χ3n) is 3.70. The van der Waals surface area contributed by atoms with Gasteiger partial charge in [0.25, 0.3) is 5.91 Å². The summed E-state index contributed by atoms with van der Waals surface area (Å²) in [6.45, 7) is 0.247. The highest BCUT2D eigenvalue weighted by Gasteiger charge is 2.12. The van der Waals surface area contributed by atoms with E-state index in [4.69, 9.17) is 4.74 Å². The molecule has 0 aliphatic carbocycles. The Morgan fingerprint density at radius 1 is 1.29 bits per heavy atom. The number of hydrogen-bond donors (Lipinski definition) is 3. The van der Waals surface area contributed by atoms with Gasteiger partial charge in [0.1, 0.15) is 11.5 Å². The molecule has 0 spiro atoms. The number of nitrogens with zero attached hydrogens (tertiary/aromatic N) is 1. The van der Waals surface area contributed by atoms with Crippen LogP contribution < -0.4 is 10.1 Å². The number of aromatic amines is 1. The number of hydrogen-bond acceptors (Lipinski definition) is 4. The molecule has 0 saturated carbocycles. The first-order valence-corrected chi connectivity index (χ1v) is 7.41. The van der Waals surface area contributed by atoms with Gasteiger partial charge in [-0.05, 0) is 24.3 Å². The smallest absolute Gasteiger partial charge is 0.251 e. The van der Waals surface area contributed by atoms with Crippen molar-refractivity contribution in [2.24, 2.45) is 0 Å². The van der Waals surface area contributed by atoms with Crippen LogP contribution in [-0.4, -0.2) is 28.3 Å². The fraction of sp³-hybridized carbons (Fsp3) is 0.111. The van der Waals surface area contributed by atoms with Crippen molar-refractivity contribution in [3.63, 3.8) is 0 Å². The van der Waals surface area contributed by atoms with Crippen molar-refractivity contribution in [1.82, 2.24) is 15.5 Å². The van der Waals surface area contributed by atoms with Crippen LogP contribution in [0.2, 0.25) is 0 Å². The van der Waals surface area contributed by atoms with E-state index in [9.17, 15) is 9.90 Å². The first kappa shape index (κ1) is 15.6. The molecule has 0 aliphatic heterocycles. The van der Waals surface area contributed by atoms with Gasteiger partial charge in [0.2, 0.25) is 0 Å². The van der Waals surface area contributed by atoms with E-state index < -0.39 is 0 Å². The number of phenolic OH excluding ortho intramolecular Hbond substituents is 1. The monoisotopic (exact) mass is 323 g/mol. The second-order valence-corrected chi connectivity index (χ2v) is 5.21. The van der Waals surface area contributed by atoms with Crippen LogP contribution in [0.5, 0.6) is 11.5 Å². The molecular formula is C18H17N3O3. The van der Waals surface area contributed by atoms with Gasteiger partial charge in [-0.15, -0.1) is 0 Å². The first-order chi connectivity index (χ1) is 11.7. The highest BCUT2D eigenvalue weighted by molar-refractivity contribution is 5.95. The normalized spacial score (nSPS) is 10.4. The minimum Gasteiger partial charge on any atom is -0.508 e. The summed E-state index contributed by atoms with van der Waals surface area (Å²) in [6.07, 6.45) is 3.45. The number of nitrogens with one attached hydrogen (secondary N) is 2. The molecule has 24 heavy (non-hydrogen) atoms. The number of para-hydroxylation sites is 1. The number of H-pyrrole nitrogens is 1. The van der Waals surface area contributed by atoms with E-state index in [1.54, 1.807) is 49.8 Å². The summed E-state index contributed by atoms with van der Waals surface area (Å²) in [7, 11) is 1.56. The molecule has 0 aliphatic rings. The summed E-state index contributed by atoms with van der Waals surface area (Å²) >= 11 is 0. The van der Waals surface area contributed by atoms with Gasteiger partial charge in [-0.3, -0.25) is 9.89 Å². The van der Waals surface area contributed by atoms with Gasteiger partial charge in [-0.2, -0.15) is 5.10 Å². The number of rotatable bonds is 5. The van der Waals surface area contributed by atoms with Crippen molar-refractivity contribution < 1.29 is 14.6 Å². The van der Waals surface area contributed by atoms with Crippen LogP contribution in [0.25, 0.3) is 11.1 Å². The van der Waals surface area contributed by atoms with Crippen molar-refractivity contribution in [3.05, 3.63) is 66.0 Å². The number of carbonyl (C=O) groups is 1. The van der Waals surface area contributed by atoms with Crippen molar-refractivity contribution in [2.75, 3.05) is 7.11 Å². The topological polar surface area (TPSA) is 87.2 Å². The Morgan fingerprint density at radius 2 is 2.12 bits per heavy atom. The Kier molecular flexibility index (Phi) is 4.47. The minimum atomic E-state index is -0.240. The van der Waals surface area contributed by atoms with E-state index in [0.717, 1.165) is 11.1 Å².